The second-order valence-corrected chi connectivity index (χ2v) is 7.70. The Morgan fingerprint density at radius 1 is 1.13 bits per heavy atom. The van der Waals surface area contributed by atoms with Gasteiger partial charge in [-0.1, -0.05) is 6.07 Å². The van der Waals surface area contributed by atoms with Crippen LogP contribution in [0.5, 0.6) is 0 Å². The summed E-state index contributed by atoms with van der Waals surface area (Å²) in [6.07, 6.45) is 6.71. The number of aromatic nitrogens is 5. The lowest BCUT2D eigenvalue weighted by Crippen LogP contribution is -2.31. The Labute approximate surface area is 176 Å². The van der Waals surface area contributed by atoms with Crippen molar-refractivity contribution >= 4 is 28.9 Å². The Hall–Kier alpha value is -3.85. The lowest BCUT2D eigenvalue weighted by Gasteiger charge is -2.27. The normalized spacial score (nSPS) is 15.4. The molecule has 0 saturated carbocycles. The van der Waals surface area contributed by atoms with Crippen molar-refractivity contribution in [2.24, 2.45) is 0 Å². The van der Waals surface area contributed by atoms with Crippen molar-refractivity contribution < 1.29 is 4.79 Å². The maximum atomic E-state index is 13.3. The molecule has 5 rings (SSSR count). The van der Waals surface area contributed by atoms with Gasteiger partial charge in [0.25, 0.3) is 5.91 Å². The molecule has 0 aromatic carbocycles. The van der Waals surface area contributed by atoms with Gasteiger partial charge in [0.05, 0.1) is 17.5 Å². The van der Waals surface area contributed by atoms with Crippen LogP contribution in [-0.2, 0) is 4.79 Å². The molecule has 4 aromatic rings. The zero-order valence-corrected chi connectivity index (χ0v) is 16.8. The lowest BCUT2D eigenvalue weighted by molar-refractivity contribution is -0.113. The number of thiophene rings is 1. The highest BCUT2D eigenvalue weighted by Crippen LogP contribution is 2.38. The Morgan fingerprint density at radius 2 is 1.97 bits per heavy atom. The lowest BCUT2D eigenvalue weighted by atomic mass is 10.0. The third kappa shape index (κ3) is 3.25. The number of carbonyl (C=O) groups is 1. The van der Waals surface area contributed by atoms with Crippen LogP contribution in [0.25, 0.3) is 11.4 Å². The number of hydrogen-bond acceptors (Lipinski definition) is 7. The molecule has 2 N–H and O–H groups in total. The first-order chi connectivity index (χ1) is 14.7. The molecule has 1 amide bonds. The molecule has 8 nitrogen and oxygen atoms in total. The van der Waals surface area contributed by atoms with Crippen LogP contribution in [0.3, 0.4) is 0 Å². The first kappa shape index (κ1) is 18.2. The molecule has 1 atom stereocenters. The maximum absolute atomic E-state index is 13.3. The molecule has 4 aromatic heterocycles. The van der Waals surface area contributed by atoms with E-state index in [1.165, 1.54) is 0 Å². The van der Waals surface area contributed by atoms with E-state index in [0.29, 0.717) is 23.0 Å². The summed E-state index contributed by atoms with van der Waals surface area (Å²) in [5.74, 6) is 0.923. The van der Waals surface area contributed by atoms with Crippen LogP contribution in [-0.4, -0.2) is 30.6 Å². The number of carbonyl (C=O) groups excluding carboxylic acids is 1. The number of nitrogens with one attached hydrogen (secondary N) is 2. The Bertz CT molecular complexity index is 1220. The standard InChI is InChI=1S/C21H17N7OS/c1-13-17(20(29)25-15-6-3-9-23-12-15)18(16-7-4-10-30-16)28-21(24-13)26-19(27-28)14-5-2-8-22-11-14/h2-12,18H,1H3,(H,25,29)(H,24,26,27)/t18-/m0/s1. The second kappa shape index (κ2) is 7.53. The number of hydrogen-bond donors (Lipinski definition) is 2. The molecule has 0 bridgehead atoms. The second-order valence-electron chi connectivity index (χ2n) is 6.72. The quantitative estimate of drug-likeness (QED) is 0.527. The minimum Gasteiger partial charge on any atom is -0.328 e. The molecule has 5 heterocycles. The maximum Gasteiger partial charge on any atom is 0.255 e. The molecule has 9 heteroatoms. The third-order valence-electron chi connectivity index (χ3n) is 4.75. The van der Waals surface area contributed by atoms with Crippen molar-refractivity contribution in [3.63, 3.8) is 0 Å². The van der Waals surface area contributed by atoms with Gasteiger partial charge in [-0.2, -0.15) is 4.98 Å². The van der Waals surface area contributed by atoms with Crippen LogP contribution in [0.1, 0.15) is 17.8 Å². The van der Waals surface area contributed by atoms with Crippen molar-refractivity contribution in [2.45, 2.75) is 13.0 Å². The summed E-state index contributed by atoms with van der Waals surface area (Å²) in [6, 6.07) is 10.9. The molecule has 0 unspecified atom stereocenters. The Morgan fingerprint density at radius 3 is 2.67 bits per heavy atom. The predicted octanol–water partition coefficient (Wildman–Crippen LogP) is 3.72. The van der Waals surface area contributed by atoms with Crippen LogP contribution in [0.4, 0.5) is 11.6 Å². The highest BCUT2D eigenvalue weighted by atomic mass is 32.1. The van der Waals surface area contributed by atoms with Crippen LogP contribution in [0, 0.1) is 0 Å². The molecule has 148 valence electrons. The van der Waals surface area contributed by atoms with Gasteiger partial charge in [-0.05, 0) is 42.6 Å². The van der Waals surface area contributed by atoms with E-state index < -0.39 is 6.04 Å². The summed E-state index contributed by atoms with van der Waals surface area (Å²) in [5.41, 5.74) is 2.75. The summed E-state index contributed by atoms with van der Waals surface area (Å²) in [5, 5.41) is 12.9. The summed E-state index contributed by atoms with van der Waals surface area (Å²) in [4.78, 5) is 27.1. The molecule has 0 aliphatic carbocycles. The number of fused-ring (bicyclic) bond motifs is 1. The fraction of sp³-hybridized carbons (Fsp3) is 0.0952. The molecule has 0 radical (unpaired) electrons. The van der Waals surface area contributed by atoms with Gasteiger partial charge in [0.2, 0.25) is 5.95 Å². The minimum atomic E-state index is -0.393. The number of pyridine rings is 2. The highest BCUT2D eigenvalue weighted by molar-refractivity contribution is 7.10. The van der Waals surface area contributed by atoms with Crippen molar-refractivity contribution in [3.05, 3.63) is 82.7 Å². The van der Waals surface area contributed by atoms with Crippen LogP contribution >= 0.6 is 11.3 Å². The average Bonchev–Trinajstić information content (AvgIpc) is 3.44. The first-order valence-corrected chi connectivity index (χ1v) is 10.2. The molecular formula is C21H17N7OS. The van der Waals surface area contributed by atoms with E-state index in [1.54, 1.807) is 52.9 Å². The Kier molecular flexibility index (Phi) is 4.56. The average molecular weight is 415 g/mol. The zero-order chi connectivity index (χ0) is 20.5. The van der Waals surface area contributed by atoms with Crippen molar-refractivity contribution in [2.75, 3.05) is 10.6 Å². The number of nitrogens with zero attached hydrogens (tertiary/aromatic N) is 5. The molecule has 0 fully saturated rings. The summed E-state index contributed by atoms with van der Waals surface area (Å²) < 4.78 is 1.76. The molecule has 0 spiro atoms. The van der Waals surface area contributed by atoms with Gasteiger partial charge in [-0.25, -0.2) is 4.68 Å². The smallest absolute Gasteiger partial charge is 0.255 e. The van der Waals surface area contributed by atoms with E-state index >= 15 is 0 Å². The largest absolute Gasteiger partial charge is 0.328 e. The summed E-state index contributed by atoms with van der Waals surface area (Å²) in [7, 11) is 0. The SMILES string of the molecule is CC1=C(C(=O)Nc2cccnc2)[C@H](c2cccs2)n2nc(-c3cccnc3)nc2N1. The molecule has 1 aliphatic rings. The van der Waals surface area contributed by atoms with Gasteiger partial charge in [-0.3, -0.25) is 14.8 Å². The molecular weight excluding hydrogens is 398 g/mol. The topological polar surface area (TPSA) is 97.6 Å². The number of allylic oxidation sites excluding steroid dienone is 1. The van der Waals surface area contributed by atoms with Gasteiger partial charge in [0.1, 0.15) is 6.04 Å². The van der Waals surface area contributed by atoms with Gasteiger partial charge in [-0.15, -0.1) is 16.4 Å². The van der Waals surface area contributed by atoms with E-state index in [-0.39, 0.29) is 5.91 Å². The van der Waals surface area contributed by atoms with E-state index in [0.717, 1.165) is 16.1 Å². The van der Waals surface area contributed by atoms with Gasteiger partial charge >= 0.3 is 0 Å². The van der Waals surface area contributed by atoms with Crippen molar-refractivity contribution in [1.29, 1.82) is 0 Å². The van der Waals surface area contributed by atoms with Gasteiger partial charge < -0.3 is 10.6 Å². The third-order valence-corrected chi connectivity index (χ3v) is 5.67. The summed E-state index contributed by atoms with van der Waals surface area (Å²) in [6.45, 7) is 1.88. The highest BCUT2D eigenvalue weighted by Gasteiger charge is 2.35. The van der Waals surface area contributed by atoms with Gasteiger partial charge in [0.15, 0.2) is 5.82 Å². The van der Waals surface area contributed by atoms with Gasteiger partial charge in [0, 0.05) is 34.7 Å². The fourth-order valence-electron chi connectivity index (χ4n) is 3.41. The predicted molar refractivity (Wildman–Crippen MR) is 115 cm³/mol. The first-order valence-electron chi connectivity index (χ1n) is 9.30. The van der Waals surface area contributed by atoms with Crippen LogP contribution in [0.15, 0.2) is 77.8 Å². The van der Waals surface area contributed by atoms with Crippen molar-refractivity contribution in [1.82, 2.24) is 24.7 Å². The summed E-state index contributed by atoms with van der Waals surface area (Å²) >= 11 is 1.57. The molecule has 1 aliphatic heterocycles. The number of rotatable bonds is 4. The minimum absolute atomic E-state index is 0.213. The number of amides is 1. The van der Waals surface area contributed by atoms with E-state index in [4.69, 9.17) is 5.10 Å². The van der Waals surface area contributed by atoms with Crippen LogP contribution in [0.2, 0.25) is 0 Å². The molecule has 30 heavy (non-hydrogen) atoms. The van der Waals surface area contributed by atoms with E-state index in [9.17, 15) is 4.79 Å². The fourth-order valence-corrected chi connectivity index (χ4v) is 4.23. The van der Waals surface area contributed by atoms with Crippen LogP contribution < -0.4 is 10.6 Å². The molecule has 0 saturated heterocycles. The monoisotopic (exact) mass is 415 g/mol. The van der Waals surface area contributed by atoms with Crippen molar-refractivity contribution in [3.8, 4) is 11.4 Å². The van der Waals surface area contributed by atoms with E-state index in [1.807, 2.05) is 36.6 Å². The van der Waals surface area contributed by atoms with E-state index in [2.05, 4.69) is 25.6 Å². The number of anilines is 2. The Balaban J connectivity index is 1.58. The zero-order valence-electron chi connectivity index (χ0n) is 16.0.